The Morgan fingerprint density at radius 1 is 1.05 bits per heavy atom. The molecule has 0 fully saturated rings. The number of hydrogen-bond acceptors (Lipinski definition) is 2. The first-order valence-corrected chi connectivity index (χ1v) is 8.62. The molecule has 0 bridgehead atoms. The molecule has 0 aliphatic carbocycles. The molecule has 3 nitrogen and oxygen atoms in total. The van der Waals surface area contributed by atoms with Crippen LogP contribution < -0.4 is 0 Å². The Hall–Kier alpha value is -0.140. The van der Waals surface area contributed by atoms with E-state index in [0.717, 1.165) is 5.56 Å². The first-order chi connectivity index (χ1) is 8.33. The molecule has 1 aromatic rings. The summed E-state index contributed by atoms with van der Waals surface area (Å²) in [4.78, 5) is -0.0600. The van der Waals surface area contributed by atoms with E-state index in [1.807, 2.05) is 0 Å². The molecular weight excluding hydrogens is 375 g/mol. The van der Waals surface area contributed by atoms with Gasteiger partial charge in [0, 0.05) is 9.34 Å². The molecule has 1 atom stereocenters. The van der Waals surface area contributed by atoms with Crippen molar-refractivity contribution in [2.45, 2.75) is 48.9 Å². The van der Waals surface area contributed by atoms with Crippen LogP contribution in [0.3, 0.4) is 0 Å². The number of rotatable bonds is 3. The molecule has 5 heteroatoms. The molecule has 0 radical (unpaired) electrons. The van der Waals surface area contributed by atoms with E-state index >= 15 is 0 Å². The van der Waals surface area contributed by atoms with Gasteiger partial charge < -0.3 is 0 Å². The highest BCUT2D eigenvalue weighted by atomic mass is 127. The molecule has 108 valence electrons. The highest BCUT2D eigenvalue weighted by molar-refractivity contribution is 14.1. The molecule has 0 heterocycles. The fourth-order valence-electron chi connectivity index (χ4n) is 2.76. The third-order valence-electron chi connectivity index (χ3n) is 3.06. The van der Waals surface area contributed by atoms with Crippen LogP contribution in [0.25, 0.3) is 0 Å². The molecule has 0 spiro atoms. The third-order valence-corrected chi connectivity index (χ3v) is 4.55. The standard InChI is InChI=1S/C14H21IO3S/c1-13(2,3)12(14(4,5)15)10-6-8-11(9-7-10)19(16,17)18/h6-9,12H,1-5H3,(H,16,17,18). The highest BCUT2D eigenvalue weighted by Crippen LogP contribution is 2.47. The summed E-state index contributed by atoms with van der Waals surface area (Å²) in [5.74, 6) is 0.274. The summed E-state index contributed by atoms with van der Waals surface area (Å²) in [5, 5.41) is 0. The molecule has 1 rings (SSSR count). The van der Waals surface area contributed by atoms with Crippen LogP contribution in [-0.2, 0) is 10.1 Å². The lowest BCUT2D eigenvalue weighted by molar-refractivity contribution is 0.286. The maximum Gasteiger partial charge on any atom is 0.294 e. The maximum atomic E-state index is 11.1. The second-order valence-electron chi connectivity index (χ2n) is 6.41. The molecule has 0 aliphatic heterocycles. The predicted molar refractivity (Wildman–Crippen MR) is 86.6 cm³/mol. The van der Waals surface area contributed by atoms with E-state index < -0.39 is 10.1 Å². The lowest BCUT2D eigenvalue weighted by Gasteiger charge is -2.40. The van der Waals surface area contributed by atoms with Crippen LogP contribution in [0.2, 0.25) is 0 Å². The average molecular weight is 396 g/mol. The van der Waals surface area contributed by atoms with Gasteiger partial charge in [0.25, 0.3) is 10.1 Å². The molecule has 0 aliphatic rings. The van der Waals surface area contributed by atoms with Crippen LogP contribution in [0, 0.1) is 5.41 Å². The Kier molecular flexibility index (Phi) is 4.75. The SMILES string of the molecule is CC(C)(C)C(c1ccc(S(=O)(=O)O)cc1)C(C)(C)I. The third kappa shape index (κ3) is 4.43. The van der Waals surface area contributed by atoms with E-state index in [0.29, 0.717) is 0 Å². The smallest absolute Gasteiger partial charge is 0.282 e. The van der Waals surface area contributed by atoms with Gasteiger partial charge in [-0.25, -0.2) is 0 Å². The van der Waals surface area contributed by atoms with Crippen LogP contribution >= 0.6 is 22.6 Å². The summed E-state index contributed by atoms with van der Waals surface area (Å²) in [6.45, 7) is 10.9. The first kappa shape index (κ1) is 16.9. The van der Waals surface area contributed by atoms with Gasteiger partial charge >= 0.3 is 0 Å². The van der Waals surface area contributed by atoms with Crippen LogP contribution in [0.4, 0.5) is 0 Å². The maximum absolute atomic E-state index is 11.1. The van der Waals surface area contributed by atoms with Crippen LogP contribution in [0.5, 0.6) is 0 Å². The molecule has 1 aromatic carbocycles. The van der Waals surface area contributed by atoms with Crippen molar-refractivity contribution >= 4 is 32.7 Å². The van der Waals surface area contributed by atoms with Crippen molar-refractivity contribution in [2.24, 2.45) is 5.41 Å². The first-order valence-electron chi connectivity index (χ1n) is 6.10. The van der Waals surface area contributed by atoms with E-state index in [2.05, 4.69) is 57.2 Å². The molecule has 0 saturated carbocycles. The zero-order valence-electron chi connectivity index (χ0n) is 11.9. The number of halogens is 1. The van der Waals surface area contributed by atoms with Gasteiger partial charge in [0.05, 0.1) is 4.90 Å². The van der Waals surface area contributed by atoms with Crippen molar-refractivity contribution in [1.29, 1.82) is 0 Å². The van der Waals surface area contributed by atoms with Gasteiger partial charge in [-0.3, -0.25) is 4.55 Å². The number of benzene rings is 1. The van der Waals surface area contributed by atoms with Gasteiger partial charge in [0.15, 0.2) is 0 Å². The van der Waals surface area contributed by atoms with Crippen molar-refractivity contribution in [2.75, 3.05) is 0 Å². The quantitative estimate of drug-likeness (QED) is 0.472. The second kappa shape index (κ2) is 5.33. The van der Waals surface area contributed by atoms with Gasteiger partial charge in [-0.15, -0.1) is 0 Å². The van der Waals surface area contributed by atoms with Gasteiger partial charge in [-0.1, -0.05) is 69.3 Å². The van der Waals surface area contributed by atoms with Gasteiger partial charge in [-0.05, 0) is 23.1 Å². The van der Waals surface area contributed by atoms with E-state index in [4.69, 9.17) is 4.55 Å². The summed E-state index contributed by atoms with van der Waals surface area (Å²) in [5.41, 5.74) is 1.14. The van der Waals surface area contributed by atoms with Crippen molar-refractivity contribution in [3.05, 3.63) is 29.8 Å². The van der Waals surface area contributed by atoms with Gasteiger partial charge in [0.1, 0.15) is 0 Å². The van der Waals surface area contributed by atoms with E-state index in [1.165, 1.54) is 12.1 Å². The Morgan fingerprint density at radius 2 is 1.47 bits per heavy atom. The average Bonchev–Trinajstić information content (AvgIpc) is 2.12. The van der Waals surface area contributed by atoms with E-state index in [9.17, 15) is 8.42 Å². The van der Waals surface area contributed by atoms with Crippen molar-refractivity contribution < 1.29 is 13.0 Å². The monoisotopic (exact) mass is 396 g/mol. The minimum atomic E-state index is -4.12. The Morgan fingerprint density at radius 3 is 1.74 bits per heavy atom. The minimum absolute atomic E-state index is 0.0373. The van der Waals surface area contributed by atoms with Crippen molar-refractivity contribution in [3.63, 3.8) is 0 Å². The van der Waals surface area contributed by atoms with Crippen molar-refractivity contribution in [3.8, 4) is 0 Å². The molecule has 1 unspecified atom stereocenters. The Balaban J connectivity index is 3.28. The van der Waals surface area contributed by atoms with Crippen LogP contribution in [-0.4, -0.2) is 16.4 Å². The van der Waals surface area contributed by atoms with Gasteiger partial charge in [-0.2, -0.15) is 8.42 Å². The Labute approximate surface area is 129 Å². The second-order valence-corrected chi connectivity index (χ2v) is 10.6. The minimum Gasteiger partial charge on any atom is -0.282 e. The molecular formula is C14H21IO3S. The van der Waals surface area contributed by atoms with Crippen LogP contribution in [0.15, 0.2) is 29.2 Å². The largest absolute Gasteiger partial charge is 0.294 e. The van der Waals surface area contributed by atoms with Crippen molar-refractivity contribution in [1.82, 2.24) is 0 Å². The van der Waals surface area contributed by atoms with E-state index in [1.54, 1.807) is 12.1 Å². The zero-order valence-corrected chi connectivity index (χ0v) is 14.9. The number of alkyl halides is 1. The van der Waals surface area contributed by atoms with Gasteiger partial charge in [0.2, 0.25) is 0 Å². The summed E-state index contributed by atoms with van der Waals surface area (Å²) in [6, 6.07) is 6.51. The topological polar surface area (TPSA) is 54.4 Å². The lowest BCUT2D eigenvalue weighted by Crippen LogP contribution is -2.32. The molecule has 1 N–H and O–H groups in total. The Bertz CT molecular complexity index is 520. The fraction of sp³-hybridized carbons (Fsp3) is 0.571. The summed E-state index contributed by atoms with van der Waals surface area (Å²) < 4.78 is 31.2. The summed E-state index contributed by atoms with van der Waals surface area (Å²) >= 11 is 2.42. The zero-order chi connectivity index (χ0) is 15.1. The predicted octanol–water partition coefficient (Wildman–Crippen LogP) is 4.28. The molecule has 19 heavy (non-hydrogen) atoms. The number of hydrogen-bond donors (Lipinski definition) is 1. The van der Waals surface area contributed by atoms with Crippen LogP contribution in [0.1, 0.15) is 46.1 Å². The highest BCUT2D eigenvalue weighted by Gasteiger charge is 2.37. The fourth-order valence-corrected chi connectivity index (χ4v) is 4.53. The normalized spacial score (nSPS) is 15.3. The lowest BCUT2D eigenvalue weighted by atomic mass is 9.70. The summed E-state index contributed by atoms with van der Waals surface area (Å²) in [7, 11) is -4.12. The molecule has 0 saturated heterocycles. The van der Waals surface area contributed by atoms with E-state index in [-0.39, 0.29) is 19.7 Å². The molecule has 0 amide bonds. The molecule has 0 aromatic heterocycles. The summed E-state index contributed by atoms with van der Waals surface area (Å²) in [6.07, 6.45) is 0.